The number of hydrogen-bond donors (Lipinski definition) is 0. The van der Waals surface area contributed by atoms with Gasteiger partial charge in [-0.05, 0) is 24.1 Å². The second kappa shape index (κ2) is 3.62. The number of oxazole rings is 1. The lowest BCUT2D eigenvalue weighted by Crippen LogP contribution is -1.85. The van der Waals surface area contributed by atoms with Crippen LogP contribution in [0.2, 0.25) is 0 Å². The van der Waals surface area contributed by atoms with Crippen LogP contribution in [0.4, 0.5) is 0 Å². The number of nitrogens with zero attached hydrogens (tertiary/aromatic N) is 1. The summed E-state index contributed by atoms with van der Waals surface area (Å²) in [6.45, 7) is 1.82. The molecule has 0 aliphatic heterocycles. The predicted molar refractivity (Wildman–Crippen MR) is 53.1 cm³/mol. The van der Waals surface area contributed by atoms with Gasteiger partial charge in [0, 0.05) is 13.3 Å². The molecule has 0 atom stereocenters. The molecule has 2 rings (SSSR count). The van der Waals surface area contributed by atoms with E-state index in [1.807, 2.05) is 25.1 Å². The molecule has 0 unspecified atom stereocenters. The van der Waals surface area contributed by atoms with Crippen LogP contribution in [0.25, 0.3) is 11.1 Å². The van der Waals surface area contributed by atoms with Crippen LogP contribution in [0.5, 0.6) is 0 Å². The third kappa shape index (κ3) is 1.66. The minimum absolute atomic E-state index is 0.558. The second-order valence-electron chi connectivity index (χ2n) is 3.24. The van der Waals surface area contributed by atoms with E-state index in [0.717, 1.165) is 29.4 Å². The Morgan fingerprint density at radius 2 is 2.36 bits per heavy atom. The number of carbonyl (C=O) groups is 1. The molecule has 0 spiro atoms. The molecule has 0 saturated carbocycles. The van der Waals surface area contributed by atoms with Crippen molar-refractivity contribution in [1.82, 2.24) is 4.98 Å². The van der Waals surface area contributed by atoms with Crippen LogP contribution in [0.15, 0.2) is 22.6 Å². The summed E-state index contributed by atoms with van der Waals surface area (Å²) in [6, 6.07) is 5.83. The SMILES string of the molecule is Cc1nc2cc(CCC=O)ccc2o1. The molecule has 0 N–H and O–H groups in total. The summed E-state index contributed by atoms with van der Waals surface area (Å²) < 4.78 is 5.35. The van der Waals surface area contributed by atoms with E-state index in [1.54, 1.807) is 0 Å². The van der Waals surface area contributed by atoms with Crippen LogP contribution in [0.3, 0.4) is 0 Å². The number of hydrogen-bond acceptors (Lipinski definition) is 3. The molecule has 0 radical (unpaired) electrons. The van der Waals surface area contributed by atoms with E-state index in [2.05, 4.69) is 4.98 Å². The van der Waals surface area contributed by atoms with E-state index in [-0.39, 0.29) is 0 Å². The normalized spacial score (nSPS) is 10.6. The van der Waals surface area contributed by atoms with E-state index in [1.165, 1.54) is 0 Å². The quantitative estimate of drug-likeness (QED) is 0.695. The zero-order valence-electron chi connectivity index (χ0n) is 7.99. The summed E-state index contributed by atoms with van der Waals surface area (Å²) in [5, 5.41) is 0. The van der Waals surface area contributed by atoms with E-state index in [0.29, 0.717) is 12.3 Å². The maximum absolute atomic E-state index is 10.2. The van der Waals surface area contributed by atoms with Gasteiger partial charge in [-0.1, -0.05) is 6.07 Å². The Morgan fingerprint density at radius 1 is 1.50 bits per heavy atom. The molecule has 14 heavy (non-hydrogen) atoms. The molecule has 2 aromatic rings. The summed E-state index contributed by atoms with van der Waals surface area (Å²) in [4.78, 5) is 14.4. The standard InChI is InChI=1S/C11H11NO2/c1-8-12-10-7-9(3-2-6-13)4-5-11(10)14-8/h4-7H,2-3H2,1H3. The topological polar surface area (TPSA) is 43.1 Å². The van der Waals surface area contributed by atoms with Crippen LogP contribution in [0, 0.1) is 6.92 Å². The molecule has 1 aromatic carbocycles. The van der Waals surface area contributed by atoms with Crippen molar-refractivity contribution in [2.75, 3.05) is 0 Å². The number of aldehydes is 1. The Hall–Kier alpha value is -1.64. The molecule has 1 heterocycles. The van der Waals surface area contributed by atoms with Crippen molar-refractivity contribution in [2.24, 2.45) is 0 Å². The Kier molecular flexibility index (Phi) is 2.31. The van der Waals surface area contributed by atoms with Gasteiger partial charge in [-0.15, -0.1) is 0 Å². The van der Waals surface area contributed by atoms with Crippen molar-refractivity contribution in [1.29, 1.82) is 0 Å². The van der Waals surface area contributed by atoms with Gasteiger partial charge in [0.05, 0.1) is 0 Å². The van der Waals surface area contributed by atoms with Crippen LogP contribution in [-0.4, -0.2) is 11.3 Å². The van der Waals surface area contributed by atoms with Crippen LogP contribution >= 0.6 is 0 Å². The van der Waals surface area contributed by atoms with Gasteiger partial charge < -0.3 is 9.21 Å². The number of fused-ring (bicyclic) bond motifs is 1. The third-order valence-electron chi connectivity index (χ3n) is 2.11. The molecule has 3 heteroatoms. The molecule has 0 aliphatic rings. The first-order valence-corrected chi connectivity index (χ1v) is 4.59. The lowest BCUT2D eigenvalue weighted by Gasteiger charge is -1.95. The summed E-state index contributed by atoms with van der Waals surface area (Å²) >= 11 is 0. The lowest BCUT2D eigenvalue weighted by atomic mass is 10.1. The van der Waals surface area contributed by atoms with Gasteiger partial charge in [-0.2, -0.15) is 0 Å². The first-order valence-electron chi connectivity index (χ1n) is 4.59. The second-order valence-corrected chi connectivity index (χ2v) is 3.24. The molecule has 72 valence electrons. The number of aromatic nitrogens is 1. The highest BCUT2D eigenvalue weighted by molar-refractivity contribution is 5.73. The highest BCUT2D eigenvalue weighted by Gasteiger charge is 2.02. The van der Waals surface area contributed by atoms with Crippen LogP contribution < -0.4 is 0 Å². The minimum Gasteiger partial charge on any atom is -0.441 e. The molecular formula is C11H11NO2. The fraction of sp³-hybridized carbons (Fsp3) is 0.273. The van der Waals surface area contributed by atoms with E-state index < -0.39 is 0 Å². The molecule has 0 bridgehead atoms. The van der Waals surface area contributed by atoms with Crippen molar-refractivity contribution >= 4 is 17.4 Å². The van der Waals surface area contributed by atoms with Crippen molar-refractivity contribution in [2.45, 2.75) is 19.8 Å². The van der Waals surface area contributed by atoms with Gasteiger partial charge >= 0.3 is 0 Å². The monoisotopic (exact) mass is 189 g/mol. The van der Waals surface area contributed by atoms with Crippen molar-refractivity contribution in [3.8, 4) is 0 Å². The predicted octanol–water partition coefficient (Wildman–Crippen LogP) is 2.27. The summed E-state index contributed by atoms with van der Waals surface area (Å²) in [7, 11) is 0. The maximum Gasteiger partial charge on any atom is 0.192 e. The summed E-state index contributed by atoms with van der Waals surface area (Å²) in [5.74, 6) is 0.674. The highest BCUT2D eigenvalue weighted by atomic mass is 16.3. The smallest absolute Gasteiger partial charge is 0.192 e. The average molecular weight is 189 g/mol. The Morgan fingerprint density at radius 3 is 3.14 bits per heavy atom. The number of aryl methyl sites for hydroxylation is 2. The van der Waals surface area contributed by atoms with Crippen molar-refractivity contribution in [3.05, 3.63) is 29.7 Å². The number of carbonyl (C=O) groups excluding carboxylic acids is 1. The van der Waals surface area contributed by atoms with E-state index in [4.69, 9.17) is 4.42 Å². The van der Waals surface area contributed by atoms with Gasteiger partial charge in [0.15, 0.2) is 11.5 Å². The maximum atomic E-state index is 10.2. The number of rotatable bonds is 3. The number of benzene rings is 1. The Bertz CT molecular complexity index is 459. The van der Waals surface area contributed by atoms with E-state index in [9.17, 15) is 4.79 Å². The molecule has 0 fully saturated rings. The Balaban J connectivity index is 2.35. The first kappa shape index (κ1) is 8.94. The first-order chi connectivity index (χ1) is 6.79. The van der Waals surface area contributed by atoms with E-state index >= 15 is 0 Å². The minimum atomic E-state index is 0.558. The largest absolute Gasteiger partial charge is 0.441 e. The van der Waals surface area contributed by atoms with Gasteiger partial charge in [0.2, 0.25) is 0 Å². The van der Waals surface area contributed by atoms with Crippen molar-refractivity contribution in [3.63, 3.8) is 0 Å². The molecule has 0 amide bonds. The summed E-state index contributed by atoms with van der Waals surface area (Å²) in [6.07, 6.45) is 2.26. The summed E-state index contributed by atoms with van der Waals surface area (Å²) in [5.41, 5.74) is 2.79. The molecule has 1 aromatic heterocycles. The van der Waals surface area contributed by atoms with Crippen molar-refractivity contribution < 1.29 is 9.21 Å². The molecule has 3 nitrogen and oxygen atoms in total. The zero-order valence-corrected chi connectivity index (χ0v) is 7.99. The Labute approximate surface area is 81.7 Å². The fourth-order valence-electron chi connectivity index (χ4n) is 1.47. The van der Waals surface area contributed by atoms with Crippen LogP contribution in [0.1, 0.15) is 17.9 Å². The van der Waals surface area contributed by atoms with Gasteiger partial charge in [0.1, 0.15) is 11.8 Å². The van der Waals surface area contributed by atoms with Gasteiger partial charge in [0.25, 0.3) is 0 Å². The van der Waals surface area contributed by atoms with Gasteiger partial charge in [-0.3, -0.25) is 0 Å². The molecular weight excluding hydrogens is 178 g/mol. The lowest BCUT2D eigenvalue weighted by molar-refractivity contribution is -0.107. The van der Waals surface area contributed by atoms with Crippen LogP contribution in [-0.2, 0) is 11.2 Å². The average Bonchev–Trinajstić information content (AvgIpc) is 2.54. The highest BCUT2D eigenvalue weighted by Crippen LogP contribution is 2.17. The zero-order chi connectivity index (χ0) is 9.97. The third-order valence-corrected chi connectivity index (χ3v) is 2.11. The van der Waals surface area contributed by atoms with Gasteiger partial charge in [-0.25, -0.2) is 4.98 Å². The molecule has 0 saturated heterocycles. The molecule has 0 aliphatic carbocycles. The fourth-order valence-corrected chi connectivity index (χ4v) is 1.47.